The molecule has 0 bridgehead atoms. The second-order valence-electron chi connectivity index (χ2n) is 11.9. The van der Waals surface area contributed by atoms with Crippen molar-refractivity contribution in [3.63, 3.8) is 0 Å². The van der Waals surface area contributed by atoms with Crippen LogP contribution in [0.25, 0.3) is 0 Å². The second kappa shape index (κ2) is 19.5. The van der Waals surface area contributed by atoms with Crippen LogP contribution >= 0.6 is 11.8 Å². The van der Waals surface area contributed by atoms with E-state index in [1.807, 2.05) is 34.0 Å². The highest BCUT2D eigenvalue weighted by Gasteiger charge is 2.26. The zero-order valence-electron chi connectivity index (χ0n) is 27.4. The Kier molecular flexibility index (Phi) is 16.5. The van der Waals surface area contributed by atoms with E-state index in [-0.39, 0.29) is 41.8 Å². The Morgan fingerprint density at radius 1 is 0.933 bits per heavy atom. The third kappa shape index (κ3) is 13.1. The van der Waals surface area contributed by atoms with Crippen LogP contribution < -0.4 is 16.0 Å². The number of amides is 3. The molecule has 250 valence electrons. The maximum Gasteiger partial charge on any atom is 0.253 e. The standard InChI is InChI=1S/C34H50F2N4O4S/c1-7-10-40(11-8-2)34(44)26-14-23(5)13-25(18-26)32(42)39-30(17-24-15-27(35)19-28(36)16-24)31(41)21-37-29(9-12-45-6)33(43)38-20-22(3)4/h13-16,18-19,22,29-31,37,41H,7-12,17,20-21H2,1-6H3,(H,38,43)(H,39,42)/t29-,30-,31+/m0/s1. The minimum Gasteiger partial charge on any atom is -0.390 e. The number of aliphatic hydroxyl groups is 1. The van der Waals surface area contributed by atoms with Gasteiger partial charge >= 0.3 is 0 Å². The van der Waals surface area contributed by atoms with E-state index in [1.54, 1.807) is 35.7 Å². The number of carbonyl (C=O) groups is 3. The van der Waals surface area contributed by atoms with Gasteiger partial charge in [-0.05, 0) is 92.0 Å². The van der Waals surface area contributed by atoms with E-state index in [4.69, 9.17) is 0 Å². The molecular weight excluding hydrogens is 598 g/mol. The van der Waals surface area contributed by atoms with E-state index < -0.39 is 35.7 Å². The number of benzene rings is 2. The van der Waals surface area contributed by atoms with Gasteiger partial charge < -0.3 is 26.0 Å². The molecule has 0 heterocycles. The van der Waals surface area contributed by atoms with Crippen LogP contribution in [0.1, 0.15) is 78.8 Å². The molecule has 0 spiro atoms. The molecule has 0 saturated heterocycles. The maximum atomic E-state index is 14.1. The molecule has 3 atom stereocenters. The third-order valence-corrected chi connectivity index (χ3v) is 7.85. The average molecular weight is 649 g/mol. The van der Waals surface area contributed by atoms with Crippen molar-refractivity contribution in [2.75, 3.05) is 38.2 Å². The number of aryl methyl sites for hydroxylation is 1. The van der Waals surface area contributed by atoms with Crippen molar-refractivity contribution in [1.29, 1.82) is 0 Å². The van der Waals surface area contributed by atoms with E-state index in [9.17, 15) is 28.3 Å². The number of hydrogen-bond donors (Lipinski definition) is 4. The van der Waals surface area contributed by atoms with Crippen molar-refractivity contribution in [1.82, 2.24) is 20.9 Å². The van der Waals surface area contributed by atoms with E-state index in [0.29, 0.717) is 42.9 Å². The molecule has 0 unspecified atom stereocenters. The lowest BCUT2D eigenvalue weighted by Gasteiger charge is -2.27. The summed E-state index contributed by atoms with van der Waals surface area (Å²) in [5.41, 5.74) is 1.58. The summed E-state index contributed by atoms with van der Waals surface area (Å²) in [5.74, 6) is -1.45. The molecule has 11 heteroatoms. The molecule has 2 aromatic rings. The second-order valence-corrected chi connectivity index (χ2v) is 12.9. The first-order valence-electron chi connectivity index (χ1n) is 15.7. The number of nitrogens with zero attached hydrogens (tertiary/aromatic N) is 1. The topological polar surface area (TPSA) is 111 Å². The van der Waals surface area contributed by atoms with Gasteiger partial charge in [-0.2, -0.15) is 11.8 Å². The summed E-state index contributed by atoms with van der Waals surface area (Å²) in [6.07, 6.45) is 2.78. The predicted octanol–water partition coefficient (Wildman–Crippen LogP) is 4.72. The minimum atomic E-state index is -1.22. The van der Waals surface area contributed by atoms with Crippen molar-refractivity contribution in [3.8, 4) is 0 Å². The number of hydrogen-bond acceptors (Lipinski definition) is 6. The summed E-state index contributed by atoms with van der Waals surface area (Å²) in [4.78, 5) is 41.5. The average Bonchev–Trinajstić information content (AvgIpc) is 2.98. The van der Waals surface area contributed by atoms with Gasteiger partial charge in [0.25, 0.3) is 11.8 Å². The molecule has 0 aliphatic carbocycles. The van der Waals surface area contributed by atoms with E-state index in [0.717, 1.165) is 31.0 Å². The van der Waals surface area contributed by atoms with Crippen LogP contribution in [0, 0.1) is 24.5 Å². The van der Waals surface area contributed by atoms with Crippen LogP contribution in [0.2, 0.25) is 0 Å². The van der Waals surface area contributed by atoms with Crippen molar-refractivity contribution < 1.29 is 28.3 Å². The van der Waals surface area contributed by atoms with Crippen LogP contribution in [0.5, 0.6) is 0 Å². The molecule has 2 rings (SSSR count). The van der Waals surface area contributed by atoms with E-state index in [2.05, 4.69) is 16.0 Å². The van der Waals surface area contributed by atoms with Crippen LogP contribution in [0.15, 0.2) is 36.4 Å². The number of thioether (sulfide) groups is 1. The zero-order valence-corrected chi connectivity index (χ0v) is 28.2. The number of nitrogens with one attached hydrogen (secondary N) is 3. The van der Waals surface area contributed by atoms with Crippen molar-refractivity contribution in [3.05, 3.63) is 70.3 Å². The summed E-state index contributed by atoms with van der Waals surface area (Å²) in [6, 6.07) is 6.44. The first-order chi connectivity index (χ1) is 21.4. The van der Waals surface area contributed by atoms with Gasteiger partial charge in [-0.15, -0.1) is 0 Å². The summed E-state index contributed by atoms with van der Waals surface area (Å²) in [7, 11) is 0. The Morgan fingerprint density at radius 2 is 1.56 bits per heavy atom. The van der Waals surface area contributed by atoms with Crippen molar-refractivity contribution in [2.45, 2.75) is 78.5 Å². The highest BCUT2D eigenvalue weighted by atomic mass is 32.2. The number of rotatable bonds is 19. The normalized spacial score (nSPS) is 13.3. The lowest BCUT2D eigenvalue weighted by Crippen LogP contribution is -2.53. The third-order valence-electron chi connectivity index (χ3n) is 7.20. The van der Waals surface area contributed by atoms with Gasteiger partial charge in [0.15, 0.2) is 0 Å². The number of halogens is 2. The van der Waals surface area contributed by atoms with E-state index >= 15 is 0 Å². The van der Waals surface area contributed by atoms with Crippen LogP contribution in [0.3, 0.4) is 0 Å². The molecular formula is C34H50F2N4O4S. The quantitative estimate of drug-likeness (QED) is 0.176. The first kappa shape index (κ1) is 38.2. The van der Waals surface area contributed by atoms with Gasteiger partial charge in [0, 0.05) is 43.4 Å². The molecule has 0 saturated carbocycles. The molecule has 0 radical (unpaired) electrons. The monoisotopic (exact) mass is 648 g/mol. The van der Waals surface area contributed by atoms with Gasteiger partial charge in [-0.1, -0.05) is 27.7 Å². The van der Waals surface area contributed by atoms with Gasteiger partial charge in [0.05, 0.1) is 18.2 Å². The Hall–Kier alpha value is -3.02. The molecule has 0 fully saturated rings. The Balaban J connectivity index is 2.32. The van der Waals surface area contributed by atoms with Crippen molar-refractivity contribution >= 4 is 29.5 Å². The van der Waals surface area contributed by atoms with Crippen LogP contribution in [-0.4, -0.2) is 84.1 Å². The molecule has 45 heavy (non-hydrogen) atoms. The Morgan fingerprint density at radius 3 is 2.13 bits per heavy atom. The zero-order chi connectivity index (χ0) is 33.5. The molecule has 4 N–H and O–H groups in total. The fourth-order valence-corrected chi connectivity index (χ4v) is 5.46. The summed E-state index contributed by atoms with van der Waals surface area (Å²) >= 11 is 1.60. The minimum absolute atomic E-state index is 0.0581. The van der Waals surface area contributed by atoms with Crippen LogP contribution in [-0.2, 0) is 11.2 Å². The Bertz CT molecular complexity index is 1240. The van der Waals surface area contributed by atoms with Gasteiger partial charge in [-0.3, -0.25) is 14.4 Å². The first-order valence-corrected chi connectivity index (χ1v) is 17.1. The summed E-state index contributed by atoms with van der Waals surface area (Å²) in [5, 5.41) is 20.2. The lowest BCUT2D eigenvalue weighted by atomic mass is 9.99. The number of aliphatic hydroxyl groups excluding tert-OH is 1. The molecule has 3 amide bonds. The Labute approximate surface area is 271 Å². The molecule has 2 aromatic carbocycles. The largest absolute Gasteiger partial charge is 0.390 e. The maximum absolute atomic E-state index is 14.1. The van der Waals surface area contributed by atoms with Gasteiger partial charge in [-0.25, -0.2) is 8.78 Å². The van der Waals surface area contributed by atoms with Gasteiger partial charge in [0.1, 0.15) is 11.6 Å². The molecule has 8 nitrogen and oxygen atoms in total. The molecule has 0 aliphatic rings. The van der Waals surface area contributed by atoms with E-state index in [1.165, 1.54) is 6.07 Å². The molecule has 0 aliphatic heterocycles. The van der Waals surface area contributed by atoms with Gasteiger partial charge in [0.2, 0.25) is 5.91 Å². The highest BCUT2D eigenvalue weighted by molar-refractivity contribution is 7.98. The summed E-state index contributed by atoms with van der Waals surface area (Å²) in [6.45, 7) is 11.4. The molecule has 0 aromatic heterocycles. The predicted molar refractivity (Wildman–Crippen MR) is 178 cm³/mol. The fourth-order valence-electron chi connectivity index (χ4n) is 4.99. The number of carbonyl (C=O) groups excluding carboxylic acids is 3. The fraction of sp³-hybridized carbons (Fsp3) is 0.559. The SMILES string of the molecule is CCCN(CCC)C(=O)c1cc(C)cc(C(=O)N[C@@H](Cc2cc(F)cc(F)c2)[C@H](O)CN[C@@H](CCSC)C(=O)NCC(C)C)c1. The summed E-state index contributed by atoms with van der Waals surface area (Å²) < 4.78 is 28.1. The highest BCUT2D eigenvalue weighted by Crippen LogP contribution is 2.16. The smallest absolute Gasteiger partial charge is 0.253 e. The van der Waals surface area contributed by atoms with Crippen LogP contribution in [0.4, 0.5) is 8.78 Å². The lowest BCUT2D eigenvalue weighted by molar-refractivity contribution is -0.123. The van der Waals surface area contributed by atoms with Crippen molar-refractivity contribution in [2.24, 2.45) is 5.92 Å².